The highest BCUT2D eigenvalue weighted by Gasteiger charge is 2.51. The molecule has 0 saturated heterocycles. The number of para-hydroxylation sites is 2. The summed E-state index contributed by atoms with van der Waals surface area (Å²) in [6, 6.07) is 11.3. The zero-order valence-electron chi connectivity index (χ0n) is 17.1. The molecule has 0 unspecified atom stereocenters. The van der Waals surface area contributed by atoms with E-state index in [9.17, 15) is 29.8 Å². The average Bonchev–Trinajstić information content (AvgIpc) is 2.74. The van der Waals surface area contributed by atoms with E-state index in [1.54, 1.807) is 13.8 Å². The fourth-order valence-electron chi connectivity index (χ4n) is 3.30. The van der Waals surface area contributed by atoms with E-state index in [0.717, 1.165) is 0 Å². The Bertz CT molecular complexity index is 909. The first kappa shape index (κ1) is 23.5. The molecule has 2 aromatic carbocycles. The second-order valence-corrected chi connectivity index (χ2v) is 6.65. The molecule has 0 bridgehead atoms. The number of hydrogen-bond acceptors (Lipinski definition) is 8. The number of ether oxygens (including phenoxy) is 2. The van der Waals surface area contributed by atoms with Gasteiger partial charge in [-0.3, -0.25) is 29.8 Å². The zero-order chi connectivity index (χ0) is 23.0. The van der Waals surface area contributed by atoms with Crippen molar-refractivity contribution in [2.75, 3.05) is 13.2 Å². The SMILES string of the molecule is CCOC(=O)C(Cc1ccccc1[N+](=O)[O-])(Cc1ccccc1[N+](=O)[O-])C(=O)OCC. The Hall–Kier alpha value is -3.82. The summed E-state index contributed by atoms with van der Waals surface area (Å²) in [7, 11) is 0. The van der Waals surface area contributed by atoms with Crippen LogP contribution in [0.4, 0.5) is 11.4 Å². The van der Waals surface area contributed by atoms with Gasteiger partial charge >= 0.3 is 11.9 Å². The number of benzene rings is 2. The molecule has 2 rings (SSSR count). The average molecular weight is 430 g/mol. The molecule has 0 N–H and O–H groups in total. The van der Waals surface area contributed by atoms with Gasteiger partial charge in [-0.25, -0.2) is 0 Å². The largest absolute Gasteiger partial charge is 0.465 e. The quantitative estimate of drug-likeness (QED) is 0.242. The predicted molar refractivity (Wildman–Crippen MR) is 109 cm³/mol. The van der Waals surface area contributed by atoms with Crippen LogP contribution in [0.2, 0.25) is 0 Å². The first-order chi connectivity index (χ1) is 14.8. The molecule has 0 amide bonds. The molecule has 0 saturated carbocycles. The van der Waals surface area contributed by atoms with Crippen LogP contribution in [-0.2, 0) is 31.9 Å². The molecular weight excluding hydrogens is 408 g/mol. The molecule has 2 aromatic rings. The van der Waals surface area contributed by atoms with Crippen molar-refractivity contribution < 1.29 is 28.9 Å². The summed E-state index contributed by atoms with van der Waals surface area (Å²) in [5.74, 6) is -1.94. The Morgan fingerprint density at radius 3 is 1.45 bits per heavy atom. The molecule has 0 radical (unpaired) electrons. The third-order valence-corrected chi connectivity index (χ3v) is 4.69. The molecule has 0 aromatic heterocycles. The number of carbonyl (C=O) groups excluding carboxylic acids is 2. The Labute approximate surface area is 178 Å². The van der Waals surface area contributed by atoms with Crippen LogP contribution in [0.25, 0.3) is 0 Å². The summed E-state index contributed by atoms with van der Waals surface area (Å²) in [5.41, 5.74) is -2.42. The first-order valence-corrected chi connectivity index (χ1v) is 9.55. The third-order valence-electron chi connectivity index (χ3n) is 4.69. The highest BCUT2D eigenvalue weighted by molar-refractivity contribution is 6.01. The van der Waals surface area contributed by atoms with Crippen molar-refractivity contribution >= 4 is 23.3 Å². The van der Waals surface area contributed by atoms with Crippen molar-refractivity contribution in [3.63, 3.8) is 0 Å². The number of hydrogen-bond donors (Lipinski definition) is 0. The van der Waals surface area contributed by atoms with Crippen LogP contribution in [-0.4, -0.2) is 35.0 Å². The molecule has 0 heterocycles. The number of rotatable bonds is 10. The van der Waals surface area contributed by atoms with Gasteiger partial charge in [0.25, 0.3) is 11.4 Å². The van der Waals surface area contributed by atoms with Gasteiger partial charge in [-0.05, 0) is 13.8 Å². The van der Waals surface area contributed by atoms with Gasteiger partial charge in [0.05, 0.1) is 23.1 Å². The van der Waals surface area contributed by atoms with Gasteiger partial charge in [0, 0.05) is 36.1 Å². The van der Waals surface area contributed by atoms with Crippen molar-refractivity contribution in [1.29, 1.82) is 0 Å². The highest BCUT2D eigenvalue weighted by atomic mass is 16.6. The van der Waals surface area contributed by atoms with E-state index in [-0.39, 0.29) is 35.7 Å². The molecule has 10 heteroatoms. The van der Waals surface area contributed by atoms with E-state index in [1.807, 2.05) is 0 Å². The number of nitro benzene ring substituents is 2. The van der Waals surface area contributed by atoms with Gasteiger partial charge in [-0.1, -0.05) is 36.4 Å². The van der Waals surface area contributed by atoms with E-state index in [1.165, 1.54) is 48.5 Å². The molecule has 31 heavy (non-hydrogen) atoms. The lowest BCUT2D eigenvalue weighted by Crippen LogP contribution is -2.46. The molecule has 0 atom stereocenters. The summed E-state index contributed by atoms with van der Waals surface area (Å²) in [5, 5.41) is 23.0. The van der Waals surface area contributed by atoms with Crippen LogP contribution in [0.15, 0.2) is 48.5 Å². The van der Waals surface area contributed by atoms with E-state index >= 15 is 0 Å². The molecule has 164 valence electrons. The summed E-state index contributed by atoms with van der Waals surface area (Å²) >= 11 is 0. The minimum Gasteiger partial charge on any atom is -0.465 e. The van der Waals surface area contributed by atoms with Gasteiger partial charge in [-0.15, -0.1) is 0 Å². The normalized spacial score (nSPS) is 10.9. The van der Waals surface area contributed by atoms with Crippen molar-refractivity contribution in [3.8, 4) is 0 Å². The van der Waals surface area contributed by atoms with Crippen LogP contribution in [0.3, 0.4) is 0 Å². The summed E-state index contributed by atoms with van der Waals surface area (Å²) < 4.78 is 10.3. The topological polar surface area (TPSA) is 139 Å². The van der Waals surface area contributed by atoms with Gasteiger partial charge in [-0.2, -0.15) is 0 Å². The third kappa shape index (κ3) is 5.21. The lowest BCUT2D eigenvalue weighted by molar-refractivity contribution is -0.385. The smallest absolute Gasteiger partial charge is 0.324 e. The maximum Gasteiger partial charge on any atom is 0.324 e. The van der Waals surface area contributed by atoms with Crippen molar-refractivity contribution in [1.82, 2.24) is 0 Å². The lowest BCUT2D eigenvalue weighted by Gasteiger charge is -2.29. The lowest BCUT2D eigenvalue weighted by atomic mass is 9.75. The standard InChI is InChI=1S/C21H22N2O8/c1-3-30-19(24)21(20(25)31-4-2,13-15-9-5-7-11-17(15)22(26)27)14-16-10-6-8-12-18(16)23(28)29/h5-12H,3-4,13-14H2,1-2H3. The van der Waals surface area contributed by atoms with Gasteiger partial charge in [0.2, 0.25) is 0 Å². The van der Waals surface area contributed by atoms with Crippen molar-refractivity contribution in [3.05, 3.63) is 79.9 Å². The van der Waals surface area contributed by atoms with Crippen LogP contribution >= 0.6 is 0 Å². The van der Waals surface area contributed by atoms with Crippen molar-refractivity contribution in [2.45, 2.75) is 26.7 Å². The molecule has 0 spiro atoms. The molecule has 0 aliphatic heterocycles. The van der Waals surface area contributed by atoms with E-state index < -0.39 is 40.0 Å². The Morgan fingerprint density at radius 2 is 1.13 bits per heavy atom. The molecule has 10 nitrogen and oxygen atoms in total. The van der Waals surface area contributed by atoms with Gasteiger partial charge in [0.1, 0.15) is 0 Å². The maximum absolute atomic E-state index is 13.1. The van der Waals surface area contributed by atoms with Gasteiger partial charge < -0.3 is 9.47 Å². The highest BCUT2D eigenvalue weighted by Crippen LogP contribution is 2.36. The minimum absolute atomic E-state index is 0.0618. The number of nitrogens with zero attached hydrogens (tertiary/aromatic N) is 2. The van der Waals surface area contributed by atoms with E-state index in [0.29, 0.717) is 0 Å². The molecular formula is C21H22N2O8. The molecule has 0 aliphatic rings. The molecule has 0 fully saturated rings. The Kier molecular flexibility index (Phi) is 7.78. The molecule has 0 aliphatic carbocycles. The van der Waals surface area contributed by atoms with Crippen LogP contribution < -0.4 is 0 Å². The van der Waals surface area contributed by atoms with Crippen LogP contribution in [0.1, 0.15) is 25.0 Å². The number of nitro groups is 2. The minimum atomic E-state index is -2.05. The van der Waals surface area contributed by atoms with E-state index in [2.05, 4.69) is 0 Å². The first-order valence-electron chi connectivity index (χ1n) is 9.55. The fraction of sp³-hybridized carbons (Fsp3) is 0.333. The second kappa shape index (κ2) is 10.3. The van der Waals surface area contributed by atoms with Gasteiger partial charge in [0.15, 0.2) is 5.41 Å². The number of carbonyl (C=O) groups is 2. The summed E-state index contributed by atoms with van der Waals surface area (Å²) in [6.07, 6.45) is -0.845. The maximum atomic E-state index is 13.1. The summed E-state index contributed by atoms with van der Waals surface area (Å²) in [4.78, 5) is 47.9. The number of esters is 2. The van der Waals surface area contributed by atoms with Crippen LogP contribution in [0, 0.1) is 25.6 Å². The van der Waals surface area contributed by atoms with E-state index in [4.69, 9.17) is 9.47 Å². The summed E-state index contributed by atoms with van der Waals surface area (Å²) in [6.45, 7) is 2.97. The second-order valence-electron chi connectivity index (χ2n) is 6.65. The fourth-order valence-corrected chi connectivity index (χ4v) is 3.30. The van der Waals surface area contributed by atoms with Crippen molar-refractivity contribution in [2.24, 2.45) is 5.41 Å². The Balaban J connectivity index is 2.70. The Morgan fingerprint density at radius 1 is 0.774 bits per heavy atom. The monoisotopic (exact) mass is 430 g/mol. The predicted octanol–water partition coefficient (Wildman–Crippen LogP) is 3.40. The van der Waals surface area contributed by atoms with Crippen LogP contribution in [0.5, 0.6) is 0 Å². The zero-order valence-corrected chi connectivity index (χ0v) is 17.1.